The molecule has 0 aromatic carbocycles. The van der Waals surface area contributed by atoms with Crippen molar-refractivity contribution in [2.45, 2.75) is 38.5 Å². The van der Waals surface area contributed by atoms with Gasteiger partial charge in [-0.15, -0.1) is 0 Å². The predicted octanol–water partition coefficient (Wildman–Crippen LogP) is 1.93. The summed E-state index contributed by atoms with van der Waals surface area (Å²) in [6.07, 6.45) is 5.40. The van der Waals surface area contributed by atoms with Crippen LogP contribution in [0.5, 0.6) is 0 Å². The third kappa shape index (κ3) is 3.33. The van der Waals surface area contributed by atoms with E-state index in [0.29, 0.717) is 24.7 Å². The first-order valence-electron chi connectivity index (χ1n) is 7.97. The number of nitrogen functional groups attached to an aromatic ring is 1. The molecule has 0 spiro atoms. The zero-order valence-corrected chi connectivity index (χ0v) is 13.5. The van der Waals surface area contributed by atoms with Crippen LogP contribution in [-0.2, 0) is 0 Å². The summed E-state index contributed by atoms with van der Waals surface area (Å²) in [5, 5.41) is 0. The van der Waals surface area contributed by atoms with Crippen LogP contribution in [0, 0.1) is 0 Å². The molecule has 1 aliphatic heterocycles. The van der Waals surface area contributed by atoms with Crippen molar-refractivity contribution < 1.29 is 4.79 Å². The maximum Gasteiger partial charge on any atom is 0.272 e. The Morgan fingerprint density at radius 1 is 1.35 bits per heavy atom. The summed E-state index contributed by atoms with van der Waals surface area (Å²) < 4.78 is 0. The number of aromatic nitrogens is 4. The molecule has 7 nitrogen and oxygen atoms in total. The Balaban J connectivity index is 1.70. The van der Waals surface area contributed by atoms with Gasteiger partial charge in [0.2, 0.25) is 5.95 Å². The normalized spacial score (nSPS) is 16.0. The minimum absolute atomic E-state index is 0.0705. The third-order valence-electron chi connectivity index (χ3n) is 4.26. The highest BCUT2D eigenvalue weighted by atomic mass is 16.2. The molecule has 1 aliphatic rings. The zero-order valence-electron chi connectivity index (χ0n) is 13.5. The highest BCUT2D eigenvalue weighted by Gasteiger charge is 2.27. The first-order chi connectivity index (χ1) is 11.0. The van der Waals surface area contributed by atoms with Gasteiger partial charge in [0, 0.05) is 37.1 Å². The van der Waals surface area contributed by atoms with Gasteiger partial charge in [0.1, 0.15) is 11.5 Å². The number of piperidine rings is 1. The topological polar surface area (TPSA) is 101 Å². The number of likely N-dealkylation sites (tertiary alicyclic amines) is 1. The van der Waals surface area contributed by atoms with Crippen LogP contribution < -0.4 is 5.73 Å². The summed E-state index contributed by atoms with van der Waals surface area (Å²) in [6.45, 7) is 5.44. The van der Waals surface area contributed by atoms with E-state index in [2.05, 4.69) is 19.9 Å². The van der Waals surface area contributed by atoms with Crippen LogP contribution in [0.15, 0.2) is 18.5 Å². The smallest absolute Gasteiger partial charge is 0.272 e. The third-order valence-corrected chi connectivity index (χ3v) is 4.26. The number of hydrogen-bond acceptors (Lipinski definition) is 5. The van der Waals surface area contributed by atoms with Crippen LogP contribution in [0.2, 0.25) is 0 Å². The highest BCUT2D eigenvalue weighted by Crippen LogP contribution is 2.26. The van der Waals surface area contributed by atoms with E-state index in [-0.39, 0.29) is 17.8 Å². The molecular formula is C16H22N6O. The number of aromatic amines is 1. The Labute approximate surface area is 135 Å². The first kappa shape index (κ1) is 15.5. The van der Waals surface area contributed by atoms with Crippen LogP contribution in [0.4, 0.5) is 5.95 Å². The van der Waals surface area contributed by atoms with Crippen molar-refractivity contribution in [2.75, 3.05) is 18.8 Å². The van der Waals surface area contributed by atoms with Crippen molar-refractivity contribution in [1.82, 2.24) is 24.8 Å². The minimum atomic E-state index is -0.0705. The largest absolute Gasteiger partial charge is 0.368 e. The summed E-state index contributed by atoms with van der Waals surface area (Å²) >= 11 is 0. The maximum atomic E-state index is 12.7. The average molecular weight is 314 g/mol. The van der Waals surface area contributed by atoms with Gasteiger partial charge in [-0.2, -0.15) is 0 Å². The van der Waals surface area contributed by atoms with Gasteiger partial charge >= 0.3 is 0 Å². The number of carbonyl (C=O) groups is 1. The minimum Gasteiger partial charge on any atom is -0.368 e. The van der Waals surface area contributed by atoms with E-state index in [4.69, 9.17) is 5.73 Å². The molecule has 0 bridgehead atoms. The molecule has 3 rings (SSSR count). The molecular weight excluding hydrogens is 292 g/mol. The van der Waals surface area contributed by atoms with Gasteiger partial charge < -0.3 is 15.6 Å². The van der Waals surface area contributed by atoms with Crippen LogP contribution >= 0.6 is 0 Å². The Morgan fingerprint density at radius 3 is 2.70 bits per heavy atom. The summed E-state index contributed by atoms with van der Waals surface area (Å²) in [4.78, 5) is 30.3. The number of H-pyrrole nitrogens is 1. The number of anilines is 1. The number of nitrogens with two attached hydrogens (primary N) is 1. The molecule has 0 atom stereocenters. The molecule has 1 fully saturated rings. The lowest BCUT2D eigenvalue weighted by Crippen LogP contribution is -2.38. The van der Waals surface area contributed by atoms with Gasteiger partial charge in [0.25, 0.3) is 5.91 Å². The van der Waals surface area contributed by atoms with Crippen molar-refractivity contribution in [3.8, 4) is 0 Å². The lowest BCUT2D eigenvalue weighted by Gasteiger charge is -2.31. The van der Waals surface area contributed by atoms with E-state index < -0.39 is 0 Å². The molecule has 3 heterocycles. The average Bonchev–Trinajstić information content (AvgIpc) is 3.08. The number of rotatable bonds is 3. The number of hydrogen-bond donors (Lipinski definition) is 2. The van der Waals surface area contributed by atoms with E-state index >= 15 is 0 Å². The van der Waals surface area contributed by atoms with Crippen LogP contribution in [0.25, 0.3) is 0 Å². The zero-order chi connectivity index (χ0) is 16.4. The van der Waals surface area contributed by atoms with Crippen molar-refractivity contribution in [3.05, 3.63) is 35.7 Å². The molecule has 0 unspecified atom stereocenters. The van der Waals surface area contributed by atoms with Crippen LogP contribution in [0.3, 0.4) is 0 Å². The summed E-state index contributed by atoms with van der Waals surface area (Å²) in [5.74, 6) is 1.68. The van der Waals surface area contributed by atoms with Gasteiger partial charge in [-0.25, -0.2) is 15.0 Å². The van der Waals surface area contributed by atoms with Crippen LogP contribution in [-0.4, -0.2) is 43.8 Å². The van der Waals surface area contributed by atoms with Gasteiger partial charge in [-0.1, -0.05) is 13.8 Å². The lowest BCUT2D eigenvalue weighted by atomic mass is 9.96. The highest BCUT2D eigenvalue weighted by molar-refractivity contribution is 5.92. The van der Waals surface area contributed by atoms with Crippen molar-refractivity contribution in [2.24, 2.45) is 0 Å². The molecule has 2 aromatic rings. The predicted molar refractivity (Wildman–Crippen MR) is 87.0 cm³/mol. The molecule has 23 heavy (non-hydrogen) atoms. The number of carbonyl (C=O) groups excluding carboxylic acids is 1. The Bertz CT molecular complexity index is 674. The summed E-state index contributed by atoms with van der Waals surface area (Å²) in [5.41, 5.74) is 6.93. The number of nitrogens with one attached hydrogen (secondary N) is 1. The number of imidazole rings is 1. The summed E-state index contributed by atoms with van der Waals surface area (Å²) in [6, 6.07) is 1.75. The number of amides is 1. The molecule has 3 N–H and O–H groups in total. The van der Waals surface area contributed by atoms with Crippen molar-refractivity contribution >= 4 is 11.9 Å². The molecule has 1 amide bonds. The van der Waals surface area contributed by atoms with Crippen LogP contribution in [0.1, 0.15) is 60.5 Å². The van der Waals surface area contributed by atoms with Crippen molar-refractivity contribution in [1.29, 1.82) is 0 Å². The van der Waals surface area contributed by atoms with Crippen molar-refractivity contribution in [3.63, 3.8) is 0 Å². The Morgan fingerprint density at radius 2 is 2.09 bits per heavy atom. The van der Waals surface area contributed by atoms with E-state index in [1.54, 1.807) is 12.3 Å². The molecule has 7 heteroatoms. The fraction of sp³-hybridized carbons (Fsp3) is 0.500. The monoisotopic (exact) mass is 314 g/mol. The second-order valence-corrected chi connectivity index (χ2v) is 6.23. The Kier molecular flexibility index (Phi) is 4.27. The molecule has 0 saturated carbocycles. The van der Waals surface area contributed by atoms with Gasteiger partial charge in [-0.3, -0.25) is 4.79 Å². The first-order valence-corrected chi connectivity index (χ1v) is 7.97. The second-order valence-electron chi connectivity index (χ2n) is 6.23. The van der Waals surface area contributed by atoms with E-state index in [9.17, 15) is 4.79 Å². The SMILES string of the molecule is CC(C)c1cc(C(=O)N2CCC(c3ncc[nH]3)CC2)nc(N)n1. The quantitative estimate of drug-likeness (QED) is 0.901. The standard InChI is InChI=1S/C16H22N6O/c1-10(2)12-9-13(21-16(17)20-12)15(23)22-7-3-11(4-8-22)14-18-5-6-19-14/h5-6,9-11H,3-4,7-8H2,1-2H3,(H,18,19)(H2,17,20,21). The lowest BCUT2D eigenvalue weighted by molar-refractivity contribution is 0.0705. The molecule has 2 aromatic heterocycles. The molecule has 122 valence electrons. The van der Waals surface area contributed by atoms with E-state index in [1.165, 1.54) is 0 Å². The van der Waals surface area contributed by atoms with Gasteiger partial charge in [-0.05, 0) is 24.8 Å². The number of nitrogens with zero attached hydrogens (tertiary/aromatic N) is 4. The summed E-state index contributed by atoms with van der Waals surface area (Å²) in [7, 11) is 0. The fourth-order valence-electron chi connectivity index (χ4n) is 2.91. The van der Waals surface area contributed by atoms with Gasteiger partial charge in [0.15, 0.2) is 0 Å². The molecule has 0 aliphatic carbocycles. The van der Waals surface area contributed by atoms with Gasteiger partial charge in [0.05, 0.1) is 0 Å². The Hall–Kier alpha value is -2.44. The molecule has 1 saturated heterocycles. The fourth-order valence-corrected chi connectivity index (χ4v) is 2.91. The second kappa shape index (κ2) is 6.36. The van der Waals surface area contributed by atoms with E-state index in [0.717, 1.165) is 24.4 Å². The van der Waals surface area contributed by atoms with E-state index in [1.807, 2.05) is 24.9 Å². The maximum absolute atomic E-state index is 12.7. The molecule has 0 radical (unpaired) electrons.